The fourth-order valence-electron chi connectivity index (χ4n) is 2.93. The number of amides is 1. The molecule has 1 fully saturated rings. The Kier molecular flexibility index (Phi) is 4.68. The van der Waals surface area contributed by atoms with E-state index in [9.17, 15) is 4.79 Å². The predicted octanol–water partition coefficient (Wildman–Crippen LogP) is 2.61. The molecule has 0 aliphatic carbocycles. The molecule has 3 rings (SSSR count). The first kappa shape index (κ1) is 16.0. The maximum atomic E-state index is 12.8. The zero-order valence-corrected chi connectivity index (χ0v) is 14.3. The molecular formula is C17H21ClN4O. The molecule has 0 unspecified atom stereocenters. The Morgan fingerprint density at radius 1 is 1.26 bits per heavy atom. The van der Waals surface area contributed by atoms with Crippen LogP contribution in [0.15, 0.2) is 30.5 Å². The number of nitrogens with zero attached hydrogens (tertiary/aromatic N) is 4. The van der Waals surface area contributed by atoms with Crippen LogP contribution in [0.4, 0.5) is 0 Å². The number of halogens is 1. The maximum Gasteiger partial charge on any atom is 0.257 e. The number of aromatic nitrogens is 2. The molecule has 1 saturated heterocycles. The average Bonchev–Trinajstić information content (AvgIpc) is 2.96. The van der Waals surface area contributed by atoms with Crippen LogP contribution in [0.5, 0.6) is 0 Å². The topological polar surface area (TPSA) is 41.4 Å². The summed E-state index contributed by atoms with van der Waals surface area (Å²) in [6.07, 6.45) is 1.66. The summed E-state index contributed by atoms with van der Waals surface area (Å²) in [6.45, 7) is 8.52. The number of hydrogen-bond acceptors (Lipinski definition) is 3. The number of carbonyl (C=O) groups is 1. The molecule has 1 amide bonds. The first-order valence-corrected chi connectivity index (χ1v) is 8.30. The molecule has 122 valence electrons. The van der Waals surface area contributed by atoms with Crippen LogP contribution in [0.2, 0.25) is 5.02 Å². The van der Waals surface area contributed by atoms with E-state index in [0.717, 1.165) is 44.1 Å². The number of piperazine rings is 1. The lowest BCUT2D eigenvalue weighted by molar-refractivity contribution is 0.0642. The molecule has 1 aliphatic heterocycles. The second kappa shape index (κ2) is 6.72. The fraction of sp³-hybridized carbons (Fsp3) is 0.412. The second-order valence-corrected chi connectivity index (χ2v) is 6.20. The van der Waals surface area contributed by atoms with Gasteiger partial charge in [0.05, 0.1) is 23.1 Å². The normalized spacial score (nSPS) is 15.9. The van der Waals surface area contributed by atoms with E-state index in [-0.39, 0.29) is 5.91 Å². The molecule has 0 radical (unpaired) electrons. The van der Waals surface area contributed by atoms with E-state index in [4.69, 9.17) is 11.6 Å². The number of hydrogen-bond donors (Lipinski definition) is 0. The van der Waals surface area contributed by atoms with Gasteiger partial charge in [-0.05, 0) is 31.7 Å². The Morgan fingerprint density at radius 3 is 2.65 bits per heavy atom. The standard InChI is InChI=1S/C17H21ClN4O/c1-3-20-7-9-21(10-8-20)17(23)16-12-19-22(13(16)2)15-6-4-5-14(18)11-15/h4-6,11-12H,3,7-10H2,1-2H3. The van der Waals surface area contributed by atoms with E-state index in [0.29, 0.717) is 10.6 Å². The van der Waals surface area contributed by atoms with Crippen LogP contribution in [-0.4, -0.2) is 58.2 Å². The van der Waals surface area contributed by atoms with E-state index in [1.165, 1.54) is 0 Å². The van der Waals surface area contributed by atoms with Gasteiger partial charge in [-0.25, -0.2) is 4.68 Å². The molecule has 1 aromatic carbocycles. The van der Waals surface area contributed by atoms with Crippen LogP contribution in [0, 0.1) is 6.92 Å². The van der Waals surface area contributed by atoms with Crippen molar-refractivity contribution < 1.29 is 4.79 Å². The summed E-state index contributed by atoms with van der Waals surface area (Å²) in [7, 11) is 0. The highest BCUT2D eigenvalue weighted by molar-refractivity contribution is 6.30. The van der Waals surface area contributed by atoms with Crippen molar-refractivity contribution in [2.75, 3.05) is 32.7 Å². The molecule has 0 bridgehead atoms. The second-order valence-electron chi connectivity index (χ2n) is 5.76. The Hall–Kier alpha value is -1.85. The van der Waals surface area contributed by atoms with Gasteiger partial charge in [0.15, 0.2) is 0 Å². The smallest absolute Gasteiger partial charge is 0.257 e. The van der Waals surface area contributed by atoms with Crippen LogP contribution in [0.3, 0.4) is 0 Å². The largest absolute Gasteiger partial charge is 0.336 e. The highest BCUT2D eigenvalue weighted by Crippen LogP contribution is 2.19. The monoisotopic (exact) mass is 332 g/mol. The summed E-state index contributed by atoms with van der Waals surface area (Å²) in [5.74, 6) is 0.0616. The number of benzene rings is 1. The first-order chi connectivity index (χ1) is 11.1. The van der Waals surface area contributed by atoms with Crippen LogP contribution >= 0.6 is 11.6 Å². The lowest BCUT2D eigenvalue weighted by Crippen LogP contribution is -2.48. The van der Waals surface area contributed by atoms with Gasteiger partial charge < -0.3 is 9.80 Å². The Morgan fingerprint density at radius 2 is 2.00 bits per heavy atom. The van der Waals surface area contributed by atoms with Gasteiger partial charge in [0.2, 0.25) is 0 Å². The first-order valence-electron chi connectivity index (χ1n) is 7.92. The van der Waals surface area contributed by atoms with Gasteiger partial charge in [-0.15, -0.1) is 0 Å². The Bertz CT molecular complexity index is 704. The van der Waals surface area contributed by atoms with Crippen molar-refractivity contribution in [1.82, 2.24) is 19.6 Å². The van der Waals surface area contributed by atoms with Crippen molar-refractivity contribution in [3.05, 3.63) is 46.7 Å². The van der Waals surface area contributed by atoms with E-state index >= 15 is 0 Å². The molecule has 2 aromatic rings. The van der Waals surface area contributed by atoms with Gasteiger partial charge >= 0.3 is 0 Å². The molecule has 0 atom stereocenters. The highest BCUT2D eigenvalue weighted by Gasteiger charge is 2.24. The van der Waals surface area contributed by atoms with Crippen molar-refractivity contribution in [3.8, 4) is 5.69 Å². The lowest BCUT2D eigenvalue weighted by Gasteiger charge is -2.34. The van der Waals surface area contributed by atoms with Crippen LogP contribution in [-0.2, 0) is 0 Å². The van der Waals surface area contributed by atoms with Crippen molar-refractivity contribution in [1.29, 1.82) is 0 Å². The average molecular weight is 333 g/mol. The third kappa shape index (κ3) is 3.26. The maximum absolute atomic E-state index is 12.8. The summed E-state index contributed by atoms with van der Waals surface area (Å²) in [6, 6.07) is 7.48. The number of rotatable bonds is 3. The zero-order valence-electron chi connectivity index (χ0n) is 13.5. The highest BCUT2D eigenvalue weighted by atomic mass is 35.5. The zero-order chi connectivity index (χ0) is 16.4. The van der Waals surface area contributed by atoms with Gasteiger partial charge in [-0.1, -0.05) is 24.6 Å². The Labute approximate surface area is 141 Å². The molecule has 0 N–H and O–H groups in total. The molecule has 0 saturated carbocycles. The third-order valence-corrected chi connectivity index (χ3v) is 4.63. The number of carbonyl (C=O) groups excluding carboxylic acids is 1. The number of likely N-dealkylation sites (N-methyl/N-ethyl adjacent to an activating group) is 1. The van der Waals surface area contributed by atoms with Gasteiger partial charge in [-0.3, -0.25) is 4.79 Å². The van der Waals surface area contributed by atoms with E-state index in [2.05, 4.69) is 16.9 Å². The van der Waals surface area contributed by atoms with Gasteiger partial charge in [0, 0.05) is 31.2 Å². The van der Waals surface area contributed by atoms with Crippen molar-refractivity contribution in [2.45, 2.75) is 13.8 Å². The van der Waals surface area contributed by atoms with Crippen LogP contribution < -0.4 is 0 Å². The minimum atomic E-state index is 0.0616. The van der Waals surface area contributed by atoms with Crippen LogP contribution in [0.1, 0.15) is 23.0 Å². The van der Waals surface area contributed by atoms with Gasteiger partial charge in [-0.2, -0.15) is 5.10 Å². The van der Waals surface area contributed by atoms with Gasteiger partial charge in [0.1, 0.15) is 0 Å². The molecule has 1 aliphatic rings. The fourth-order valence-corrected chi connectivity index (χ4v) is 3.11. The summed E-state index contributed by atoms with van der Waals surface area (Å²) in [5.41, 5.74) is 2.37. The molecule has 6 heteroatoms. The lowest BCUT2D eigenvalue weighted by atomic mass is 10.2. The van der Waals surface area contributed by atoms with E-state index < -0.39 is 0 Å². The molecule has 0 spiro atoms. The van der Waals surface area contributed by atoms with Crippen molar-refractivity contribution in [2.24, 2.45) is 0 Å². The van der Waals surface area contributed by atoms with Crippen molar-refractivity contribution >= 4 is 17.5 Å². The van der Waals surface area contributed by atoms with Crippen molar-refractivity contribution in [3.63, 3.8) is 0 Å². The van der Waals surface area contributed by atoms with E-state index in [1.54, 1.807) is 10.9 Å². The quantitative estimate of drug-likeness (QED) is 0.867. The third-order valence-electron chi connectivity index (χ3n) is 4.40. The molecular weight excluding hydrogens is 312 g/mol. The molecule has 5 nitrogen and oxygen atoms in total. The SMILES string of the molecule is CCN1CCN(C(=O)c2cnn(-c3cccc(Cl)c3)c2C)CC1. The minimum Gasteiger partial charge on any atom is -0.336 e. The summed E-state index contributed by atoms with van der Waals surface area (Å²) >= 11 is 6.04. The van der Waals surface area contributed by atoms with E-state index in [1.807, 2.05) is 36.1 Å². The predicted molar refractivity (Wildman–Crippen MR) is 91.3 cm³/mol. The minimum absolute atomic E-state index is 0.0616. The Balaban J connectivity index is 1.80. The summed E-state index contributed by atoms with van der Waals surface area (Å²) in [4.78, 5) is 17.0. The summed E-state index contributed by atoms with van der Waals surface area (Å²) < 4.78 is 1.77. The van der Waals surface area contributed by atoms with Crippen LogP contribution in [0.25, 0.3) is 5.69 Å². The summed E-state index contributed by atoms with van der Waals surface area (Å²) in [5, 5.41) is 5.03. The molecule has 23 heavy (non-hydrogen) atoms. The molecule has 2 heterocycles. The van der Waals surface area contributed by atoms with Gasteiger partial charge in [0.25, 0.3) is 5.91 Å². The molecule has 1 aromatic heterocycles.